The quantitative estimate of drug-likeness (QED) is 0.784. The van der Waals surface area contributed by atoms with Crippen LogP contribution in [0.25, 0.3) is 0 Å². The molecule has 2 aromatic heterocycles. The van der Waals surface area contributed by atoms with E-state index in [0.29, 0.717) is 17.8 Å². The van der Waals surface area contributed by atoms with E-state index in [1.165, 1.54) is 6.20 Å². The first-order valence-corrected chi connectivity index (χ1v) is 6.14. The summed E-state index contributed by atoms with van der Waals surface area (Å²) in [6.45, 7) is 3.18. The number of hydrogen-bond acceptors (Lipinski definition) is 4. The van der Waals surface area contributed by atoms with Gasteiger partial charge in [0.15, 0.2) is 0 Å². The van der Waals surface area contributed by atoms with Crippen LogP contribution in [0, 0.1) is 6.92 Å². The van der Waals surface area contributed by atoms with E-state index in [1.807, 2.05) is 23.9 Å². The third-order valence-corrected chi connectivity index (χ3v) is 2.73. The van der Waals surface area contributed by atoms with E-state index >= 15 is 0 Å². The molecule has 0 atom stereocenters. The van der Waals surface area contributed by atoms with Crippen LogP contribution in [-0.4, -0.2) is 27.2 Å². The minimum absolute atomic E-state index is 0.189. The van der Waals surface area contributed by atoms with Crippen molar-refractivity contribution in [2.75, 3.05) is 12.3 Å². The predicted molar refractivity (Wildman–Crippen MR) is 72.6 cm³/mol. The lowest BCUT2D eigenvalue weighted by Gasteiger charge is -2.07. The summed E-state index contributed by atoms with van der Waals surface area (Å²) in [6, 6.07) is 3.57. The van der Waals surface area contributed by atoms with Gasteiger partial charge in [-0.2, -0.15) is 5.10 Å². The molecule has 0 fully saturated rings. The highest BCUT2D eigenvalue weighted by Crippen LogP contribution is 2.10. The van der Waals surface area contributed by atoms with Crippen LogP contribution in [0.5, 0.6) is 0 Å². The molecule has 0 radical (unpaired) electrons. The first-order valence-electron chi connectivity index (χ1n) is 6.14. The van der Waals surface area contributed by atoms with Crippen molar-refractivity contribution < 1.29 is 4.79 Å². The van der Waals surface area contributed by atoms with Crippen molar-refractivity contribution >= 4 is 11.6 Å². The molecule has 0 saturated heterocycles. The van der Waals surface area contributed by atoms with Gasteiger partial charge in [-0.1, -0.05) is 0 Å². The van der Waals surface area contributed by atoms with Gasteiger partial charge in [0.25, 0.3) is 5.91 Å². The van der Waals surface area contributed by atoms with Crippen LogP contribution < -0.4 is 11.1 Å². The molecule has 19 heavy (non-hydrogen) atoms. The minimum atomic E-state index is -0.189. The summed E-state index contributed by atoms with van der Waals surface area (Å²) in [5, 5.41) is 6.91. The maximum atomic E-state index is 11.9. The third kappa shape index (κ3) is 3.54. The summed E-state index contributed by atoms with van der Waals surface area (Å²) in [4.78, 5) is 16.0. The Morgan fingerprint density at radius 3 is 3.05 bits per heavy atom. The highest BCUT2D eigenvalue weighted by molar-refractivity contribution is 5.98. The van der Waals surface area contributed by atoms with Crippen LogP contribution in [-0.2, 0) is 6.54 Å². The average Bonchev–Trinajstić information content (AvgIpc) is 2.87. The number of carbonyl (C=O) groups excluding carboxylic acids is 1. The number of aromatic nitrogens is 3. The van der Waals surface area contributed by atoms with Crippen molar-refractivity contribution in [3.63, 3.8) is 0 Å². The van der Waals surface area contributed by atoms with Crippen molar-refractivity contribution in [2.45, 2.75) is 19.9 Å². The molecular weight excluding hydrogens is 242 g/mol. The summed E-state index contributed by atoms with van der Waals surface area (Å²) in [6.07, 6.45) is 5.95. The molecule has 1 amide bonds. The van der Waals surface area contributed by atoms with Gasteiger partial charge in [0.05, 0.1) is 5.56 Å². The smallest absolute Gasteiger partial charge is 0.254 e. The third-order valence-electron chi connectivity index (χ3n) is 2.73. The number of nitrogen functional groups attached to an aromatic ring is 1. The van der Waals surface area contributed by atoms with Gasteiger partial charge in [0.2, 0.25) is 0 Å². The number of nitrogens with zero attached hydrogens (tertiary/aromatic N) is 3. The number of aryl methyl sites for hydroxylation is 2. The first kappa shape index (κ1) is 13.1. The van der Waals surface area contributed by atoms with Gasteiger partial charge < -0.3 is 11.1 Å². The summed E-state index contributed by atoms with van der Waals surface area (Å²) in [7, 11) is 0. The second kappa shape index (κ2) is 5.99. The number of nitrogens with two attached hydrogens (primary N) is 1. The molecule has 6 nitrogen and oxygen atoms in total. The number of amides is 1. The fourth-order valence-corrected chi connectivity index (χ4v) is 1.74. The zero-order valence-corrected chi connectivity index (χ0v) is 10.8. The Kier molecular flexibility index (Phi) is 4.12. The molecular formula is C13H17N5O. The molecule has 6 heteroatoms. The maximum Gasteiger partial charge on any atom is 0.254 e. The molecule has 0 unspecified atom stereocenters. The van der Waals surface area contributed by atoms with E-state index in [9.17, 15) is 4.79 Å². The molecule has 2 rings (SSSR count). The largest absolute Gasteiger partial charge is 0.398 e. The van der Waals surface area contributed by atoms with Crippen LogP contribution in [0.1, 0.15) is 22.5 Å². The van der Waals surface area contributed by atoms with Gasteiger partial charge in [0.1, 0.15) is 0 Å². The van der Waals surface area contributed by atoms with E-state index in [1.54, 1.807) is 12.3 Å². The lowest BCUT2D eigenvalue weighted by Crippen LogP contribution is -2.26. The minimum Gasteiger partial charge on any atom is -0.398 e. The molecule has 2 aromatic rings. The second-order valence-electron chi connectivity index (χ2n) is 4.29. The van der Waals surface area contributed by atoms with Gasteiger partial charge >= 0.3 is 0 Å². The van der Waals surface area contributed by atoms with Gasteiger partial charge in [-0.3, -0.25) is 14.5 Å². The van der Waals surface area contributed by atoms with Crippen LogP contribution in [0.15, 0.2) is 30.7 Å². The zero-order valence-electron chi connectivity index (χ0n) is 10.8. The van der Waals surface area contributed by atoms with Gasteiger partial charge in [-0.25, -0.2) is 0 Å². The Morgan fingerprint density at radius 2 is 2.37 bits per heavy atom. The number of nitrogens with one attached hydrogen (secondary N) is 1. The van der Waals surface area contributed by atoms with Crippen molar-refractivity contribution in [3.05, 3.63) is 42.0 Å². The van der Waals surface area contributed by atoms with Gasteiger partial charge in [0, 0.05) is 43.1 Å². The number of hydrogen-bond donors (Lipinski definition) is 2. The molecule has 0 aliphatic heterocycles. The van der Waals surface area contributed by atoms with Crippen molar-refractivity contribution in [1.29, 1.82) is 0 Å². The van der Waals surface area contributed by atoms with E-state index in [4.69, 9.17) is 5.73 Å². The highest BCUT2D eigenvalue weighted by Gasteiger charge is 2.09. The fraction of sp³-hybridized carbons (Fsp3) is 0.308. The number of carbonyl (C=O) groups is 1. The van der Waals surface area contributed by atoms with Crippen LogP contribution in [0.3, 0.4) is 0 Å². The standard InChI is InChI=1S/C13H17N5O/c1-10-8-12(14)11(9-16-10)13(19)15-4-2-6-18-7-3-5-17-18/h3,5,7-9H,2,4,6H2,1H3,(H2,14,16)(H,15,19). The van der Waals surface area contributed by atoms with E-state index in [0.717, 1.165) is 18.7 Å². The van der Waals surface area contributed by atoms with E-state index < -0.39 is 0 Å². The number of anilines is 1. The molecule has 0 aliphatic carbocycles. The monoisotopic (exact) mass is 259 g/mol. The maximum absolute atomic E-state index is 11.9. The molecule has 0 aliphatic rings. The zero-order chi connectivity index (χ0) is 13.7. The Morgan fingerprint density at radius 1 is 1.53 bits per heavy atom. The summed E-state index contributed by atoms with van der Waals surface area (Å²) >= 11 is 0. The molecule has 100 valence electrons. The molecule has 0 bridgehead atoms. The SMILES string of the molecule is Cc1cc(N)c(C(=O)NCCCn2cccn2)cn1. The highest BCUT2D eigenvalue weighted by atomic mass is 16.1. The second-order valence-corrected chi connectivity index (χ2v) is 4.29. The van der Waals surface area contributed by atoms with E-state index in [-0.39, 0.29) is 5.91 Å². The topological polar surface area (TPSA) is 85.8 Å². The van der Waals surface area contributed by atoms with Crippen LogP contribution in [0.2, 0.25) is 0 Å². The van der Waals surface area contributed by atoms with Crippen LogP contribution >= 0.6 is 0 Å². The van der Waals surface area contributed by atoms with Crippen molar-refractivity contribution in [1.82, 2.24) is 20.1 Å². The Hall–Kier alpha value is -2.37. The molecule has 3 N–H and O–H groups in total. The summed E-state index contributed by atoms with van der Waals surface area (Å²) in [5.74, 6) is -0.189. The fourth-order valence-electron chi connectivity index (χ4n) is 1.74. The van der Waals surface area contributed by atoms with Crippen molar-refractivity contribution in [2.24, 2.45) is 0 Å². The lowest BCUT2D eigenvalue weighted by molar-refractivity contribution is 0.0953. The molecule has 0 aromatic carbocycles. The lowest BCUT2D eigenvalue weighted by atomic mass is 10.2. The Bertz CT molecular complexity index is 550. The average molecular weight is 259 g/mol. The normalized spacial score (nSPS) is 10.4. The predicted octanol–water partition coefficient (Wildman–Crippen LogP) is 0.989. The van der Waals surface area contributed by atoms with Crippen LogP contribution in [0.4, 0.5) is 5.69 Å². The molecule has 0 spiro atoms. The Labute approximate surface area is 111 Å². The molecule has 0 saturated carbocycles. The molecule has 2 heterocycles. The Balaban J connectivity index is 1.81. The number of rotatable bonds is 5. The van der Waals surface area contributed by atoms with Crippen molar-refractivity contribution in [3.8, 4) is 0 Å². The first-order chi connectivity index (χ1) is 9.16. The summed E-state index contributed by atoms with van der Waals surface area (Å²) in [5.41, 5.74) is 7.46. The summed E-state index contributed by atoms with van der Waals surface area (Å²) < 4.78 is 1.83. The van der Waals surface area contributed by atoms with Gasteiger partial charge in [-0.05, 0) is 25.5 Å². The van der Waals surface area contributed by atoms with Gasteiger partial charge in [-0.15, -0.1) is 0 Å². The number of pyridine rings is 1. The van der Waals surface area contributed by atoms with E-state index in [2.05, 4.69) is 15.4 Å².